The lowest BCUT2D eigenvalue weighted by molar-refractivity contribution is -0.117. The summed E-state index contributed by atoms with van der Waals surface area (Å²) in [5.74, 6) is 1.17. The van der Waals surface area contributed by atoms with Crippen LogP contribution < -0.4 is 0 Å². The van der Waals surface area contributed by atoms with Gasteiger partial charge in [0.15, 0.2) is 0 Å². The zero-order valence-electron chi connectivity index (χ0n) is 12.0. The Morgan fingerprint density at radius 1 is 1.06 bits per heavy atom. The topological polar surface area (TPSA) is 23.6 Å². The van der Waals surface area contributed by atoms with Gasteiger partial charge in [-0.15, -0.1) is 0 Å². The third kappa shape index (κ3) is 4.06. The molecule has 0 aromatic rings. The maximum Gasteiger partial charge on any atom is 0.129 e. The van der Waals surface area contributed by atoms with E-state index in [1.54, 1.807) is 6.92 Å². The van der Waals surface area contributed by atoms with Gasteiger partial charge in [-0.3, -0.25) is 4.90 Å². The summed E-state index contributed by atoms with van der Waals surface area (Å²) < 4.78 is 0. The molecular weight excluding hydrogens is 224 g/mol. The van der Waals surface area contributed by atoms with E-state index in [0.29, 0.717) is 5.78 Å². The summed E-state index contributed by atoms with van der Waals surface area (Å²) >= 11 is 0. The third-order valence-corrected chi connectivity index (χ3v) is 4.78. The van der Waals surface area contributed by atoms with Gasteiger partial charge in [0.25, 0.3) is 0 Å². The molecule has 0 N–H and O–H groups in total. The van der Waals surface area contributed by atoms with Gasteiger partial charge in [-0.1, -0.05) is 0 Å². The second-order valence-corrected chi connectivity index (χ2v) is 6.25. The Kier molecular flexibility index (Phi) is 5.19. The van der Waals surface area contributed by atoms with Crippen LogP contribution in [0.1, 0.15) is 45.4 Å². The summed E-state index contributed by atoms with van der Waals surface area (Å²) in [6, 6.07) is 0.826. The first-order chi connectivity index (χ1) is 8.65. The van der Waals surface area contributed by atoms with E-state index in [2.05, 4.69) is 16.8 Å². The van der Waals surface area contributed by atoms with Gasteiger partial charge < -0.3 is 9.69 Å². The summed E-state index contributed by atoms with van der Waals surface area (Å²) in [6.45, 7) is 6.67. The molecule has 104 valence electrons. The minimum absolute atomic E-state index is 0.358. The van der Waals surface area contributed by atoms with Crippen molar-refractivity contribution in [3.05, 3.63) is 0 Å². The van der Waals surface area contributed by atoms with E-state index < -0.39 is 0 Å². The van der Waals surface area contributed by atoms with Crippen molar-refractivity contribution in [3.8, 4) is 0 Å². The molecule has 2 rings (SSSR count). The molecule has 1 saturated carbocycles. The Balaban J connectivity index is 1.68. The summed E-state index contributed by atoms with van der Waals surface area (Å²) in [7, 11) is 2.22. The number of carbonyl (C=O) groups excluding carboxylic acids is 1. The molecule has 3 nitrogen and oxygen atoms in total. The second-order valence-electron chi connectivity index (χ2n) is 6.25. The van der Waals surface area contributed by atoms with Crippen molar-refractivity contribution < 1.29 is 4.79 Å². The largest absolute Gasteiger partial charge is 0.304 e. The summed E-state index contributed by atoms with van der Waals surface area (Å²) in [5, 5.41) is 0. The van der Waals surface area contributed by atoms with Crippen LogP contribution in [0.25, 0.3) is 0 Å². The van der Waals surface area contributed by atoms with Crippen molar-refractivity contribution in [1.82, 2.24) is 9.80 Å². The molecule has 1 aliphatic heterocycles. The SMILES string of the molecule is CC(=O)CCC1CCC(N2CCN(C)CC2)CC1. The van der Waals surface area contributed by atoms with Gasteiger partial charge >= 0.3 is 0 Å². The molecule has 1 saturated heterocycles. The number of piperazine rings is 1. The molecule has 0 bridgehead atoms. The number of carbonyl (C=O) groups is 1. The van der Waals surface area contributed by atoms with Gasteiger partial charge in [-0.05, 0) is 52.0 Å². The molecule has 0 spiro atoms. The highest BCUT2D eigenvalue weighted by atomic mass is 16.1. The Labute approximate surface area is 112 Å². The molecule has 0 aromatic heterocycles. The van der Waals surface area contributed by atoms with Crippen molar-refractivity contribution in [2.45, 2.75) is 51.5 Å². The van der Waals surface area contributed by atoms with Crippen LogP contribution >= 0.6 is 0 Å². The van der Waals surface area contributed by atoms with Gasteiger partial charge in [0, 0.05) is 38.6 Å². The molecule has 1 heterocycles. The summed E-state index contributed by atoms with van der Waals surface area (Å²) in [4.78, 5) is 16.1. The fourth-order valence-corrected chi connectivity index (χ4v) is 3.39. The maximum atomic E-state index is 11.0. The number of nitrogens with zero attached hydrogens (tertiary/aromatic N) is 2. The zero-order chi connectivity index (χ0) is 13.0. The van der Waals surface area contributed by atoms with E-state index in [4.69, 9.17) is 0 Å². The lowest BCUT2D eigenvalue weighted by atomic mass is 9.82. The third-order valence-electron chi connectivity index (χ3n) is 4.78. The van der Waals surface area contributed by atoms with Crippen LogP contribution in [0.3, 0.4) is 0 Å². The predicted octanol–water partition coefficient (Wildman–Crippen LogP) is 2.16. The number of rotatable bonds is 4. The fraction of sp³-hybridized carbons (Fsp3) is 0.933. The molecule has 3 heteroatoms. The maximum absolute atomic E-state index is 11.0. The predicted molar refractivity (Wildman–Crippen MR) is 74.7 cm³/mol. The van der Waals surface area contributed by atoms with E-state index in [1.165, 1.54) is 51.9 Å². The Morgan fingerprint density at radius 2 is 1.67 bits per heavy atom. The van der Waals surface area contributed by atoms with Gasteiger partial charge in [0.2, 0.25) is 0 Å². The monoisotopic (exact) mass is 252 g/mol. The molecule has 0 aromatic carbocycles. The first-order valence-corrected chi connectivity index (χ1v) is 7.57. The molecule has 18 heavy (non-hydrogen) atoms. The summed E-state index contributed by atoms with van der Waals surface area (Å²) in [5.41, 5.74) is 0. The van der Waals surface area contributed by atoms with Crippen molar-refractivity contribution in [3.63, 3.8) is 0 Å². The average Bonchev–Trinajstić information content (AvgIpc) is 2.38. The van der Waals surface area contributed by atoms with Gasteiger partial charge in [0.1, 0.15) is 5.78 Å². The molecular formula is C15H28N2O. The van der Waals surface area contributed by atoms with Crippen molar-refractivity contribution in [2.24, 2.45) is 5.92 Å². The van der Waals surface area contributed by atoms with Crippen LogP contribution in [-0.2, 0) is 4.79 Å². The lowest BCUT2D eigenvalue weighted by Gasteiger charge is -2.41. The summed E-state index contributed by atoms with van der Waals surface area (Å²) in [6.07, 6.45) is 7.31. The first-order valence-electron chi connectivity index (χ1n) is 7.57. The number of ketones is 1. The minimum atomic E-state index is 0.358. The van der Waals surface area contributed by atoms with Crippen LogP contribution in [0.15, 0.2) is 0 Å². The quantitative estimate of drug-likeness (QED) is 0.766. The highest BCUT2D eigenvalue weighted by Crippen LogP contribution is 2.30. The first kappa shape index (κ1) is 14.0. The van der Waals surface area contributed by atoms with Crippen molar-refractivity contribution in [2.75, 3.05) is 33.2 Å². The van der Waals surface area contributed by atoms with Crippen LogP contribution in [0.4, 0.5) is 0 Å². The fourth-order valence-electron chi connectivity index (χ4n) is 3.39. The molecule has 2 aliphatic rings. The highest BCUT2D eigenvalue weighted by Gasteiger charge is 2.27. The highest BCUT2D eigenvalue weighted by molar-refractivity contribution is 5.75. The molecule has 0 amide bonds. The van der Waals surface area contributed by atoms with E-state index in [0.717, 1.165) is 24.8 Å². The standard InChI is InChI=1S/C15H28N2O/c1-13(18)3-4-14-5-7-15(8-6-14)17-11-9-16(2)10-12-17/h14-15H,3-12H2,1-2H3. The minimum Gasteiger partial charge on any atom is -0.304 e. The average molecular weight is 252 g/mol. The number of hydrogen-bond acceptors (Lipinski definition) is 3. The molecule has 0 radical (unpaired) electrons. The lowest BCUT2D eigenvalue weighted by Crippen LogP contribution is -2.49. The van der Waals surface area contributed by atoms with E-state index in [1.807, 2.05) is 0 Å². The van der Waals surface area contributed by atoms with Gasteiger partial charge in [0.05, 0.1) is 0 Å². The Morgan fingerprint density at radius 3 is 2.22 bits per heavy atom. The Bertz CT molecular complexity index is 264. The molecule has 1 aliphatic carbocycles. The van der Waals surface area contributed by atoms with E-state index >= 15 is 0 Å². The van der Waals surface area contributed by atoms with Gasteiger partial charge in [-0.2, -0.15) is 0 Å². The number of hydrogen-bond donors (Lipinski definition) is 0. The molecule has 2 fully saturated rings. The van der Waals surface area contributed by atoms with E-state index in [9.17, 15) is 4.79 Å². The molecule has 0 unspecified atom stereocenters. The van der Waals surface area contributed by atoms with Crippen LogP contribution in [0.5, 0.6) is 0 Å². The zero-order valence-corrected chi connectivity index (χ0v) is 12.0. The number of Topliss-reactive ketones (excluding diaryl/α,β-unsaturated/α-hetero) is 1. The van der Waals surface area contributed by atoms with Crippen LogP contribution in [0, 0.1) is 5.92 Å². The van der Waals surface area contributed by atoms with Crippen molar-refractivity contribution in [1.29, 1.82) is 0 Å². The van der Waals surface area contributed by atoms with E-state index in [-0.39, 0.29) is 0 Å². The smallest absolute Gasteiger partial charge is 0.129 e. The Hall–Kier alpha value is -0.410. The van der Waals surface area contributed by atoms with Crippen LogP contribution in [-0.4, -0.2) is 54.9 Å². The van der Waals surface area contributed by atoms with Crippen molar-refractivity contribution >= 4 is 5.78 Å². The second kappa shape index (κ2) is 6.67. The molecule has 0 atom stereocenters. The number of likely N-dealkylation sites (N-methyl/N-ethyl adjacent to an activating group) is 1. The van der Waals surface area contributed by atoms with Gasteiger partial charge in [-0.25, -0.2) is 0 Å². The normalized spacial score (nSPS) is 31.4. The van der Waals surface area contributed by atoms with Crippen LogP contribution in [0.2, 0.25) is 0 Å².